The number of halogens is 2. The van der Waals surface area contributed by atoms with Crippen molar-refractivity contribution in [3.8, 4) is 11.4 Å². The Kier molecular flexibility index (Phi) is 4.93. The summed E-state index contributed by atoms with van der Waals surface area (Å²) in [6, 6.07) is 11.0. The van der Waals surface area contributed by atoms with Gasteiger partial charge in [-0.15, -0.1) is 0 Å². The summed E-state index contributed by atoms with van der Waals surface area (Å²) < 4.78 is 1.63. The van der Waals surface area contributed by atoms with Gasteiger partial charge in [0.15, 0.2) is 5.82 Å². The van der Waals surface area contributed by atoms with E-state index >= 15 is 0 Å². The van der Waals surface area contributed by atoms with Gasteiger partial charge in [-0.05, 0) is 30.4 Å². The van der Waals surface area contributed by atoms with Crippen molar-refractivity contribution in [3.63, 3.8) is 0 Å². The van der Waals surface area contributed by atoms with Crippen molar-refractivity contribution in [2.45, 2.75) is 0 Å². The van der Waals surface area contributed by atoms with Gasteiger partial charge in [-0.1, -0.05) is 35.3 Å². The normalized spacial score (nSPS) is 11.1. The van der Waals surface area contributed by atoms with Crippen LogP contribution in [-0.2, 0) is 0 Å². The summed E-state index contributed by atoms with van der Waals surface area (Å²) >= 11 is 17.3. The van der Waals surface area contributed by atoms with Gasteiger partial charge in [-0.25, -0.2) is 5.10 Å². The van der Waals surface area contributed by atoms with Gasteiger partial charge in [-0.2, -0.15) is 14.9 Å². The number of rotatable bonds is 4. The number of nitro groups is 1. The van der Waals surface area contributed by atoms with Crippen LogP contribution in [0.2, 0.25) is 10.0 Å². The lowest BCUT2D eigenvalue weighted by Gasteiger charge is -2.04. The molecule has 0 atom stereocenters. The minimum absolute atomic E-state index is 0.0271. The Bertz CT molecular complexity index is 1040. The number of nitrogens with one attached hydrogen (secondary N) is 1. The van der Waals surface area contributed by atoms with Crippen molar-refractivity contribution in [3.05, 3.63) is 73.0 Å². The van der Waals surface area contributed by atoms with Crippen molar-refractivity contribution in [2.24, 2.45) is 5.10 Å². The number of aromatic amines is 1. The zero-order valence-electron chi connectivity index (χ0n) is 12.4. The average molecular weight is 394 g/mol. The number of aromatic nitrogens is 3. The van der Waals surface area contributed by atoms with Crippen molar-refractivity contribution < 1.29 is 4.92 Å². The first kappa shape index (κ1) is 17.3. The van der Waals surface area contributed by atoms with E-state index in [0.29, 0.717) is 27.0 Å². The zero-order valence-corrected chi connectivity index (χ0v) is 14.7. The highest BCUT2D eigenvalue weighted by Crippen LogP contribution is 2.29. The first-order chi connectivity index (χ1) is 12.0. The smallest absolute Gasteiger partial charge is 0.258 e. The molecule has 0 radical (unpaired) electrons. The number of hydrogen-bond acceptors (Lipinski definition) is 5. The molecular formula is C15H9Cl2N5O2S. The lowest BCUT2D eigenvalue weighted by molar-refractivity contribution is -0.384. The van der Waals surface area contributed by atoms with Gasteiger partial charge in [-0.3, -0.25) is 10.1 Å². The van der Waals surface area contributed by atoms with Crippen LogP contribution in [0.4, 0.5) is 5.69 Å². The summed E-state index contributed by atoms with van der Waals surface area (Å²) in [5.74, 6) is 0.397. The SMILES string of the molecule is O=[N+]([O-])c1cccc(C=Nn2c(-c3ccc(Cl)cc3Cl)n[nH]c2=S)c1. The van der Waals surface area contributed by atoms with E-state index in [2.05, 4.69) is 15.3 Å². The summed E-state index contributed by atoms with van der Waals surface area (Å²) in [5, 5.41) is 22.8. The molecule has 0 amide bonds. The standard InChI is InChI=1S/C15H9Cl2N5O2S/c16-10-4-5-12(13(17)7-10)14-19-20-15(25)21(14)18-8-9-2-1-3-11(6-9)22(23)24/h1-8H,(H,20,25). The molecule has 25 heavy (non-hydrogen) atoms. The van der Waals surface area contributed by atoms with Crippen LogP contribution >= 0.6 is 35.4 Å². The van der Waals surface area contributed by atoms with Gasteiger partial charge < -0.3 is 0 Å². The molecule has 0 unspecified atom stereocenters. The van der Waals surface area contributed by atoms with Crippen LogP contribution in [0.25, 0.3) is 11.4 Å². The Hall–Kier alpha value is -2.55. The van der Waals surface area contributed by atoms with Crippen LogP contribution in [0.15, 0.2) is 47.6 Å². The molecule has 0 fully saturated rings. The second kappa shape index (κ2) is 7.14. The second-order valence-electron chi connectivity index (χ2n) is 4.89. The van der Waals surface area contributed by atoms with Crippen LogP contribution in [-0.4, -0.2) is 26.0 Å². The van der Waals surface area contributed by atoms with Gasteiger partial charge in [0, 0.05) is 28.3 Å². The largest absolute Gasteiger partial charge is 0.270 e. The summed E-state index contributed by atoms with van der Waals surface area (Å²) in [6.45, 7) is 0. The van der Waals surface area contributed by atoms with Gasteiger partial charge >= 0.3 is 0 Å². The molecular weight excluding hydrogens is 385 g/mol. The Morgan fingerprint density at radius 2 is 2.08 bits per heavy atom. The third kappa shape index (κ3) is 3.76. The summed E-state index contributed by atoms with van der Waals surface area (Å²) in [4.78, 5) is 10.4. The number of H-pyrrole nitrogens is 1. The quantitative estimate of drug-likeness (QED) is 0.301. The number of benzene rings is 2. The van der Waals surface area contributed by atoms with Gasteiger partial charge in [0.1, 0.15) is 0 Å². The summed E-state index contributed by atoms with van der Waals surface area (Å²) in [5.41, 5.74) is 1.11. The molecule has 0 aliphatic rings. The van der Waals surface area contributed by atoms with Gasteiger partial charge in [0.2, 0.25) is 4.77 Å². The van der Waals surface area contributed by atoms with Crippen LogP contribution in [0, 0.1) is 14.9 Å². The van der Waals surface area contributed by atoms with E-state index < -0.39 is 4.92 Å². The average Bonchev–Trinajstić information content (AvgIpc) is 2.94. The minimum Gasteiger partial charge on any atom is -0.258 e. The Morgan fingerprint density at radius 1 is 1.28 bits per heavy atom. The van der Waals surface area contributed by atoms with Crippen molar-refractivity contribution in [1.82, 2.24) is 14.9 Å². The maximum absolute atomic E-state index is 10.8. The van der Waals surface area contributed by atoms with Crippen LogP contribution in [0.1, 0.15) is 5.56 Å². The van der Waals surface area contributed by atoms with E-state index in [1.165, 1.54) is 23.0 Å². The highest BCUT2D eigenvalue weighted by Gasteiger charge is 2.12. The van der Waals surface area contributed by atoms with E-state index in [1.54, 1.807) is 30.3 Å². The maximum atomic E-state index is 10.8. The predicted molar refractivity (Wildman–Crippen MR) is 99.0 cm³/mol. The first-order valence-electron chi connectivity index (χ1n) is 6.87. The molecule has 0 aliphatic heterocycles. The second-order valence-corrected chi connectivity index (χ2v) is 6.12. The fourth-order valence-electron chi connectivity index (χ4n) is 2.09. The molecule has 7 nitrogen and oxygen atoms in total. The van der Waals surface area contributed by atoms with E-state index in [9.17, 15) is 10.1 Å². The molecule has 1 aromatic heterocycles. The predicted octanol–water partition coefficient (Wildman–Crippen LogP) is 4.70. The third-order valence-corrected chi connectivity index (χ3v) is 4.04. The van der Waals surface area contributed by atoms with E-state index in [4.69, 9.17) is 35.4 Å². The van der Waals surface area contributed by atoms with Crippen molar-refractivity contribution in [2.75, 3.05) is 0 Å². The van der Waals surface area contributed by atoms with Gasteiger partial charge in [0.05, 0.1) is 16.2 Å². The van der Waals surface area contributed by atoms with E-state index in [-0.39, 0.29) is 10.5 Å². The maximum Gasteiger partial charge on any atom is 0.270 e. The fourth-order valence-corrected chi connectivity index (χ4v) is 2.76. The molecule has 3 aromatic rings. The molecule has 0 saturated heterocycles. The molecule has 10 heteroatoms. The van der Waals surface area contributed by atoms with E-state index in [1.807, 2.05) is 0 Å². The molecule has 0 saturated carbocycles. The number of nitrogens with zero attached hydrogens (tertiary/aromatic N) is 4. The molecule has 3 rings (SSSR count). The number of nitro benzene ring substituents is 1. The summed E-state index contributed by atoms with van der Waals surface area (Å²) in [7, 11) is 0. The Labute approximate surface area is 156 Å². The lowest BCUT2D eigenvalue weighted by Crippen LogP contribution is -1.96. The van der Waals surface area contributed by atoms with E-state index in [0.717, 1.165) is 0 Å². The zero-order chi connectivity index (χ0) is 18.0. The monoisotopic (exact) mass is 393 g/mol. The van der Waals surface area contributed by atoms with Crippen LogP contribution < -0.4 is 0 Å². The Morgan fingerprint density at radius 3 is 2.80 bits per heavy atom. The van der Waals surface area contributed by atoms with Crippen molar-refractivity contribution >= 4 is 47.3 Å². The highest BCUT2D eigenvalue weighted by atomic mass is 35.5. The molecule has 126 valence electrons. The lowest BCUT2D eigenvalue weighted by atomic mass is 10.2. The fraction of sp³-hybridized carbons (Fsp3) is 0. The Balaban J connectivity index is 2.01. The third-order valence-electron chi connectivity index (χ3n) is 3.23. The number of hydrogen-bond donors (Lipinski definition) is 1. The molecule has 0 bridgehead atoms. The van der Waals surface area contributed by atoms with Crippen molar-refractivity contribution in [1.29, 1.82) is 0 Å². The number of non-ortho nitro benzene ring substituents is 1. The molecule has 1 heterocycles. The molecule has 0 aliphatic carbocycles. The van der Waals surface area contributed by atoms with Crippen LogP contribution in [0.5, 0.6) is 0 Å². The highest BCUT2D eigenvalue weighted by molar-refractivity contribution is 7.71. The molecule has 2 aromatic carbocycles. The molecule has 1 N–H and O–H groups in total. The van der Waals surface area contributed by atoms with Gasteiger partial charge in [0.25, 0.3) is 5.69 Å². The minimum atomic E-state index is -0.472. The summed E-state index contributed by atoms with van der Waals surface area (Å²) in [6.07, 6.45) is 1.45. The first-order valence-corrected chi connectivity index (χ1v) is 8.04. The topological polar surface area (TPSA) is 89.1 Å². The van der Waals surface area contributed by atoms with Crippen LogP contribution in [0.3, 0.4) is 0 Å². The molecule has 0 spiro atoms.